The summed E-state index contributed by atoms with van der Waals surface area (Å²) in [4.78, 5) is 4.40. The van der Waals surface area contributed by atoms with Crippen LogP contribution in [-0.2, 0) is 22.4 Å². The van der Waals surface area contributed by atoms with Gasteiger partial charge in [0.05, 0.1) is 31.9 Å². The van der Waals surface area contributed by atoms with Gasteiger partial charge < -0.3 is 19.5 Å². The molecule has 1 fully saturated rings. The van der Waals surface area contributed by atoms with Gasteiger partial charge in [-0.3, -0.25) is 4.98 Å². The second-order valence-corrected chi connectivity index (χ2v) is 7.30. The molecule has 0 aliphatic carbocycles. The standard InChI is InChI=1S/C23H24F2N2O3/c1-28-19-5-6-22-20(11-19)15(8-9-26-22)3-7-23-29-13-18(14-30-23)27-12-16-2-4-17(24)10-21(16)25/h2,4-6,8-11,18,23,27H,3,7,12-14H2,1H3. The van der Waals surface area contributed by atoms with Crippen molar-refractivity contribution in [2.24, 2.45) is 0 Å². The third-order valence-corrected chi connectivity index (χ3v) is 5.25. The number of aromatic nitrogens is 1. The van der Waals surface area contributed by atoms with Crippen molar-refractivity contribution in [2.45, 2.75) is 31.7 Å². The first-order valence-electron chi connectivity index (χ1n) is 9.94. The van der Waals surface area contributed by atoms with Crippen LogP contribution in [0.5, 0.6) is 5.75 Å². The molecule has 0 spiro atoms. The van der Waals surface area contributed by atoms with E-state index in [0.29, 0.717) is 25.3 Å². The normalized spacial score (nSPS) is 19.2. The average Bonchev–Trinajstić information content (AvgIpc) is 2.77. The summed E-state index contributed by atoms with van der Waals surface area (Å²) in [6.45, 7) is 1.23. The first-order chi connectivity index (χ1) is 14.6. The fourth-order valence-electron chi connectivity index (χ4n) is 3.55. The van der Waals surface area contributed by atoms with E-state index in [9.17, 15) is 8.78 Å². The Labute approximate surface area is 174 Å². The Morgan fingerprint density at radius 1 is 1.07 bits per heavy atom. The first-order valence-corrected chi connectivity index (χ1v) is 9.94. The van der Waals surface area contributed by atoms with Gasteiger partial charge in [0.1, 0.15) is 17.4 Å². The highest BCUT2D eigenvalue weighted by molar-refractivity contribution is 5.83. The fraction of sp³-hybridized carbons (Fsp3) is 0.348. The van der Waals surface area contributed by atoms with E-state index in [4.69, 9.17) is 14.2 Å². The van der Waals surface area contributed by atoms with E-state index in [0.717, 1.165) is 41.1 Å². The molecule has 30 heavy (non-hydrogen) atoms. The predicted molar refractivity (Wildman–Crippen MR) is 109 cm³/mol. The molecule has 1 aliphatic rings. The van der Waals surface area contributed by atoms with Crippen LogP contribution in [0, 0.1) is 11.6 Å². The topological polar surface area (TPSA) is 52.6 Å². The molecule has 2 heterocycles. The molecule has 5 nitrogen and oxygen atoms in total. The number of methoxy groups -OCH3 is 1. The highest BCUT2D eigenvalue weighted by atomic mass is 19.1. The minimum absolute atomic E-state index is 0.0447. The summed E-state index contributed by atoms with van der Waals surface area (Å²) in [7, 11) is 1.65. The summed E-state index contributed by atoms with van der Waals surface area (Å²) >= 11 is 0. The molecule has 0 unspecified atom stereocenters. The maximum Gasteiger partial charge on any atom is 0.158 e. The molecule has 0 amide bonds. The van der Waals surface area contributed by atoms with Crippen molar-refractivity contribution in [1.29, 1.82) is 0 Å². The van der Waals surface area contributed by atoms with Crippen molar-refractivity contribution < 1.29 is 23.0 Å². The Balaban J connectivity index is 1.28. The second kappa shape index (κ2) is 9.47. The summed E-state index contributed by atoms with van der Waals surface area (Å²) in [5.74, 6) is -0.337. The molecular weight excluding hydrogens is 390 g/mol. The van der Waals surface area contributed by atoms with Gasteiger partial charge in [-0.25, -0.2) is 8.78 Å². The second-order valence-electron chi connectivity index (χ2n) is 7.30. The van der Waals surface area contributed by atoms with Gasteiger partial charge in [0.2, 0.25) is 0 Å². The third kappa shape index (κ3) is 4.92. The van der Waals surface area contributed by atoms with Crippen LogP contribution >= 0.6 is 0 Å². The van der Waals surface area contributed by atoms with Gasteiger partial charge in [-0.05, 0) is 42.3 Å². The van der Waals surface area contributed by atoms with E-state index in [1.165, 1.54) is 12.1 Å². The van der Waals surface area contributed by atoms with E-state index in [-0.39, 0.29) is 12.3 Å². The lowest BCUT2D eigenvalue weighted by Gasteiger charge is -2.30. The van der Waals surface area contributed by atoms with Gasteiger partial charge in [0.15, 0.2) is 6.29 Å². The van der Waals surface area contributed by atoms with Crippen molar-refractivity contribution in [3.8, 4) is 5.75 Å². The maximum atomic E-state index is 13.7. The molecule has 3 aromatic rings. The van der Waals surface area contributed by atoms with Crippen LogP contribution < -0.4 is 10.1 Å². The van der Waals surface area contributed by atoms with Crippen molar-refractivity contribution in [3.05, 3.63) is 71.4 Å². The zero-order valence-electron chi connectivity index (χ0n) is 16.7. The van der Waals surface area contributed by atoms with Crippen LogP contribution in [0.1, 0.15) is 17.5 Å². The van der Waals surface area contributed by atoms with Gasteiger partial charge in [0, 0.05) is 36.2 Å². The summed E-state index contributed by atoms with van der Waals surface area (Å²) in [6.07, 6.45) is 3.02. The van der Waals surface area contributed by atoms with Crippen molar-refractivity contribution in [2.75, 3.05) is 20.3 Å². The summed E-state index contributed by atoms with van der Waals surface area (Å²) < 4.78 is 43.7. The first kappa shape index (κ1) is 20.7. The van der Waals surface area contributed by atoms with Crippen molar-refractivity contribution >= 4 is 10.9 Å². The zero-order valence-corrected chi connectivity index (χ0v) is 16.7. The molecule has 0 atom stereocenters. The van der Waals surface area contributed by atoms with Gasteiger partial charge in [-0.1, -0.05) is 6.07 Å². The lowest BCUT2D eigenvalue weighted by molar-refractivity contribution is -0.192. The molecule has 0 bridgehead atoms. The number of nitrogens with one attached hydrogen (secondary N) is 1. The molecule has 158 valence electrons. The molecule has 1 aromatic heterocycles. The van der Waals surface area contributed by atoms with Gasteiger partial charge >= 0.3 is 0 Å². The van der Waals surface area contributed by atoms with Crippen LogP contribution in [0.2, 0.25) is 0 Å². The number of hydrogen-bond donors (Lipinski definition) is 1. The predicted octanol–water partition coefficient (Wildman–Crippen LogP) is 3.99. The monoisotopic (exact) mass is 414 g/mol. The Kier molecular flexibility index (Phi) is 6.52. The number of benzene rings is 2. The van der Waals surface area contributed by atoms with Crippen molar-refractivity contribution in [1.82, 2.24) is 10.3 Å². The van der Waals surface area contributed by atoms with Crippen LogP contribution in [0.15, 0.2) is 48.7 Å². The number of nitrogens with zero attached hydrogens (tertiary/aromatic N) is 1. The van der Waals surface area contributed by atoms with Crippen molar-refractivity contribution in [3.63, 3.8) is 0 Å². The Morgan fingerprint density at radius 3 is 2.67 bits per heavy atom. The van der Waals surface area contributed by atoms with Crippen LogP contribution in [0.3, 0.4) is 0 Å². The lowest BCUT2D eigenvalue weighted by atomic mass is 10.0. The molecule has 7 heteroatoms. The van der Waals surface area contributed by atoms with Crippen LogP contribution in [0.4, 0.5) is 8.78 Å². The van der Waals surface area contributed by atoms with E-state index < -0.39 is 11.6 Å². The molecule has 2 aromatic carbocycles. The molecule has 0 saturated carbocycles. The smallest absolute Gasteiger partial charge is 0.158 e. The van der Waals surface area contributed by atoms with E-state index >= 15 is 0 Å². The Morgan fingerprint density at radius 2 is 1.90 bits per heavy atom. The lowest BCUT2D eigenvalue weighted by Crippen LogP contribution is -2.44. The molecule has 1 N–H and O–H groups in total. The zero-order chi connectivity index (χ0) is 20.9. The number of halogens is 2. The van der Waals surface area contributed by atoms with E-state index in [1.54, 1.807) is 13.3 Å². The van der Waals surface area contributed by atoms with Gasteiger partial charge in [0.25, 0.3) is 0 Å². The van der Waals surface area contributed by atoms with Gasteiger partial charge in [-0.15, -0.1) is 0 Å². The van der Waals surface area contributed by atoms with Gasteiger partial charge in [-0.2, -0.15) is 0 Å². The number of aryl methyl sites for hydroxylation is 1. The summed E-state index contributed by atoms with van der Waals surface area (Å²) in [5.41, 5.74) is 2.51. The summed E-state index contributed by atoms with van der Waals surface area (Å²) in [6, 6.07) is 11.4. The van der Waals surface area contributed by atoms with Crippen LogP contribution in [0.25, 0.3) is 10.9 Å². The fourth-order valence-corrected chi connectivity index (χ4v) is 3.55. The Bertz CT molecular complexity index is 1010. The Hall–Kier alpha value is -2.61. The van der Waals surface area contributed by atoms with E-state index in [2.05, 4.69) is 10.3 Å². The minimum Gasteiger partial charge on any atom is -0.497 e. The summed E-state index contributed by atoms with van der Waals surface area (Å²) in [5, 5.41) is 4.26. The molecule has 4 rings (SSSR count). The molecule has 1 aliphatic heterocycles. The third-order valence-electron chi connectivity index (χ3n) is 5.25. The average molecular weight is 414 g/mol. The number of hydrogen-bond acceptors (Lipinski definition) is 5. The maximum absolute atomic E-state index is 13.7. The number of ether oxygens (including phenoxy) is 3. The molecular formula is C23H24F2N2O3. The number of fused-ring (bicyclic) bond motifs is 1. The highest BCUT2D eigenvalue weighted by Crippen LogP contribution is 2.24. The molecule has 1 saturated heterocycles. The largest absolute Gasteiger partial charge is 0.497 e. The molecule has 0 radical (unpaired) electrons. The minimum atomic E-state index is -0.580. The van der Waals surface area contributed by atoms with Crippen LogP contribution in [-0.4, -0.2) is 37.6 Å². The quantitative estimate of drug-likeness (QED) is 0.634. The van der Waals surface area contributed by atoms with E-state index in [1.807, 2.05) is 24.3 Å². The number of pyridine rings is 1. The highest BCUT2D eigenvalue weighted by Gasteiger charge is 2.22. The SMILES string of the molecule is COc1ccc2nccc(CCC3OCC(NCc4ccc(F)cc4F)CO3)c2c1. The number of rotatable bonds is 7.